The van der Waals surface area contributed by atoms with Gasteiger partial charge >= 0.3 is 11.9 Å². The van der Waals surface area contributed by atoms with Gasteiger partial charge in [0.05, 0.1) is 36.9 Å². The van der Waals surface area contributed by atoms with Crippen LogP contribution in [-0.4, -0.2) is 56.8 Å². The van der Waals surface area contributed by atoms with Crippen LogP contribution < -0.4 is 0 Å². The maximum Gasteiger partial charge on any atom is 0.308 e. The van der Waals surface area contributed by atoms with Gasteiger partial charge in [0.25, 0.3) is 0 Å². The maximum absolute atomic E-state index is 12.0. The highest BCUT2D eigenvalue weighted by Crippen LogP contribution is 2.27. The number of unbranched alkanes of at least 4 members (excludes halogenated alkanes) is 12. The lowest BCUT2D eigenvalue weighted by atomic mass is 10.0. The fourth-order valence-corrected chi connectivity index (χ4v) is 6.77. The molecule has 2 saturated carbocycles. The van der Waals surface area contributed by atoms with Gasteiger partial charge in [-0.15, -0.1) is 0 Å². The lowest BCUT2D eigenvalue weighted by molar-refractivity contribution is -0.149. The Kier molecular flexibility index (Phi) is 22.5. The van der Waals surface area contributed by atoms with Crippen molar-refractivity contribution in [1.82, 2.24) is 4.90 Å². The minimum absolute atomic E-state index is 0.0463. The molecule has 0 saturated heterocycles. The van der Waals surface area contributed by atoms with Crippen molar-refractivity contribution in [2.45, 2.75) is 173 Å². The van der Waals surface area contributed by atoms with Crippen LogP contribution in [0.5, 0.6) is 0 Å². The largest absolute Gasteiger partial charge is 0.495 e. The van der Waals surface area contributed by atoms with Crippen molar-refractivity contribution in [3.05, 3.63) is 12.3 Å². The van der Waals surface area contributed by atoms with E-state index in [1.807, 2.05) is 0 Å². The van der Waals surface area contributed by atoms with Crippen LogP contribution in [0.25, 0.3) is 0 Å². The molecule has 0 aromatic rings. The van der Waals surface area contributed by atoms with Gasteiger partial charge in [0.15, 0.2) is 0 Å². The predicted octanol–water partition coefficient (Wildman–Crippen LogP) is 9.94. The maximum atomic E-state index is 12.0. The Morgan fingerprint density at radius 1 is 0.614 bits per heavy atom. The van der Waals surface area contributed by atoms with Gasteiger partial charge in [-0.1, -0.05) is 96.5 Å². The quantitative estimate of drug-likeness (QED) is 0.0493. The molecule has 0 heterocycles. The van der Waals surface area contributed by atoms with Crippen molar-refractivity contribution in [2.75, 3.05) is 33.9 Å². The minimum Gasteiger partial charge on any atom is -0.495 e. The van der Waals surface area contributed by atoms with E-state index in [1.54, 1.807) is 0 Å². The Hall–Kier alpha value is -1.56. The highest BCUT2D eigenvalue weighted by molar-refractivity contribution is 5.73. The SMILES string of the molecule is C=C(CCCN(C)C)OC(CCCCCCCCCOC(=O)C1CCCC1)CCCCCCCCCOC(=O)C1CCCC1. The predicted molar refractivity (Wildman–Crippen MR) is 182 cm³/mol. The van der Waals surface area contributed by atoms with E-state index in [0.717, 1.165) is 89.4 Å². The van der Waals surface area contributed by atoms with Crippen LogP contribution in [0.15, 0.2) is 12.3 Å². The molecule has 0 N–H and O–H groups in total. The molecular formula is C38H69NO5. The molecule has 6 heteroatoms. The molecule has 2 aliphatic carbocycles. The minimum atomic E-state index is 0.0463. The second-order valence-electron chi connectivity index (χ2n) is 14.0. The summed E-state index contributed by atoms with van der Waals surface area (Å²) in [7, 11) is 4.23. The molecule has 6 nitrogen and oxygen atoms in total. The number of nitrogens with zero attached hydrogens (tertiary/aromatic N) is 1. The van der Waals surface area contributed by atoms with Crippen LogP contribution >= 0.6 is 0 Å². The summed E-state index contributed by atoms with van der Waals surface area (Å²) in [5.41, 5.74) is 0. The van der Waals surface area contributed by atoms with Gasteiger partial charge in [0.2, 0.25) is 0 Å². The van der Waals surface area contributed by atoms with Crippen LogP contribution in [0, 0.1) is 11.8 Å². The van der Waals surface area contributed by atoms with Gasteiger partial charge in [0.1, 0.15) is 0 Å². The molecule has 44 heavy (non-hydrogen) atoms. The second kappa shape index (κ2) is 25.6. The average Bonchev–Trinajstić information content (AvgIpc) is 3.74. The summed E-state index contributed by atoms with van der Waals surface area (Å²) in [5.74, 6) is 1.41. The zero-order valence-electron chi connectivity index (χ0n) is 28.9. The second-order valence-corrected chi connectivity index (χ2v) is 14.0. The monoisotopic (exact) mass is 620 g/mol. The molecule has 0 aromatic heterocycles. The van der Waals surface area contributed by atoms with Gasteiger partial charge < -0.3 is 19.1 Å². The highest BCUT2D eigenvalue weighted by Gasteiger charge is 2.24. The molecule has 0 unspecified atom stereocenters. The van der Waals surface area contributed by atoms with E-state index in [0.29, 0.717) is 19.3 Å². The third kappa shape index (κ3) is 19.7. The van der Waals surface area contributed by atoms with Gasteiger partial charge in [0, 0.05) is 6.42 Å². The summed E-state index contributed by atoms with van der Waals surface area (Å²) in [6, 6.07) is 0. The summed E-state index contributed by atoms with van der Waals surface area (Å²) < 4.78 is 17.4. The fraction of sp³-hybridized carbons (Fsp3) is 0.895. The third-order valence-electron chi connectivity index (χ3n) is 9.60. The normalized spacial score (nSPS) is 15.8. The van der Waals surface area contributed by atoms with Crippen molar-refractivity contribution >= 4 is 11.9 Å². The number of allylic oxidation sites excluding steroid dienone is 1. The first-order valence-corrected chi connectivity index (χ1v) is 18.8. The molecule has 0 bridgehead atoms. The lowest BCUT2D eigenvalue weighted by Crippen LogP contribution is -2.15. The van der Waals surface area contributed by atoms with Crippen LogP contribution in [-0.2, 0) is 23.8 Å². The van der Waals surface area contributed by atoms with Gasteiger partial charge in [-0.25, -0.2) is 0 Å². The Bertz CT molecular complexity index is 694. The smallest absolute Gasteiger partial charge is 0.308 e. The number of rotatable bonds is 28. The molecule has 2 rings (SSSR count). The number of carbonyl (C=O) groups is 2. The standard InChI is InChI=1S/C38H69NO5/c1-33(23-22-30-39(2)3)44-36(28-14-10-6-4-8-12-20-31-42-37(40)34-24-16-17-25-34)29-15-11-7-5-9-13-21-32-43-38(41)35-26-18-19-27-35/h34-36H,1,4-32H2,2-3H3. The van der Waals surface area contributed by atoms with Crippen LogP contribution in [0.4, 0.5) is 0 Å². The van der Waals surface area contributed by atoms with Crippen molar-refractivity contribution in [3.8, 4) is 0 Å². The van der Waals surface area contributed by atoms with Crippen LogP contribution in [0.2, 0.25) is 0 Å². The zero-order valence-corrected chi connectivity index (χ0v) is 28.9. The molecular weight excluding hydrogens is 550 g/mol. The van der Waals surface area contributed by atoms with Gasteiger partial charge in [-0.3, -0.25) is 9.59 Å². The summed E-state index contributed by atoms with van der Waals surface area (Å²) in [4.78, 5) is 26.2. The number of hydrogen-bond donors (Lipinski definition) is 0. The van der Waals surface area contributed by atoms with E-state index >= 15 is 0 Å². The lowest BCUT2D eigenvalue weighted by Gasteiger charge is -2.21. The van der Waals surface area contributed by atoms with E-state index in [9.17, 15) is 9.59 Å². The molecule has 2 aliphatic rings. The zero-order chi connectivity index (χ0) is 31.7. The summed E-state index contributed by atoms with van der Waals surface area (Å²) >= 11 is 0. The Balaban J connectivity index is 1.48. The van der Waals surface area contributed by atoms with Crippen molar-refractivity contribution in [1.29, 1.82) is 0 Å². The number of carbonyl (C=O) groups excluding carboxylic acids is 2. The van der Waals surface area contributed by atoms with E-state index in [1.165, 1.54) is 89.9 Å². The van der Waals surface area contributed by atoms with Crippen molar-refractivity contribution in [3.63, 3.8) is 0 Å². The molecule has 0 aliphatic heterocycles. The van der Waals surface area contributed by atoms with Crippen molar-refractivity contribution < 1.29 is 23.8 Å². The summed E-state index contributed by atoms with van der Waals surface area (Å²) in [6.45, 7) is 6.51. The topological polar surface area (TPSA) is 65.1 Å². The average molecular weight is 620 g/mol. The third-order valence-corrected chi connectivity index (χ3v) is 9.60. The first-order chi connectivity index (χ1) is 21.5. The van der Waals surface area contributed by atoms with Crippen LogP contribution in [0.1, 0.15) is 167 Å². The van der Waals surface area contributed by atoms with E-state index in [4.69, 9.17) is 14.2 Å². The molecule has 0 spiro atoms. The Morgan fingerprint density at radius 2 is 1.00 bits per heavy atom. The number of esters is 2. The Labute approximate surface area is 271 Å². The molecule has 2 fully saturated rings. The van der Waals surface area contributed by atoms with E-state index in [-0.39, 0.29) is 23.8 Å². The molecule has 256 valence electrons. The highest BCUT2D eigenvalue weighted by atomic mass is 16.5. The van der Waals surface area contributed by atoms with E-state index in [2.05, 4.69) is 25.6 Å². The van der Waals surface area contributed by atoms with Crippen molar-refractivity contribution in [2.24, 2.45) is 11.8 Å². The fourth-order valence-electron chi connectivity index (χ4n) is 6.77. The van der Waals surface area contributed by atoms with Gasteiger partial charge in [-0.05, 0) is 91.3 Å². The molecule has 0 aromatic carbocycles. The summed E-state index contributed by atoms with van der Waals surface area (Å²) in [6.07, 6.45) is 30.3. The number of hydrogen-bond acceptors (Lipinski definition) is 6. The molecule has 0 atom stereocenters. The first kappa shape index (κ1) is 38.6. The van der Waals surface area contributed by atoms with E-state index < -0.39 is 0 Å². The Morgan fingerprint density at radius 3 is 1.41 bits per heavy atom. The molecule has 0 amide bonds. The van der Waals surface area contributed by atoms with Crippen LogP contribution in [0.3, 0.4) is 0 Å². The van der Waals surface area contributed by atoms with Gasteiger partial charge in [-0.2, -0.15) is 0 Å². The first-order valence-electron chi connectivity index (χ1n) is 18.8. The molecule has 0 radical (unpaired) electrons. The summed E-state index contributed by atoms with van der Waals surface area (Å²) in [5, 5.41) is 0. The number of ether oxygens (including phenoxy) is 3.